The quantitative estimate of drug-likeness (QED) is 0.617. The molecule has 1 saturated heterocycles. The van der Waals surface area contributed by atoms with E-state index >= 15 is 0 Å². The predicted molar refractivity (Wildman–Crippen MR) is 83.1 cm³/mol. The van der Waals surface area contributed by atoms with Gasteiger partial charge in [0.25, 0.3) is 0 Å². The Labute approximate surface area is 134 Å². The zero-order valence-electron chi connectivity index (χ0n) is 12.6. The number of carbonyl (C=O) groups is 2. The molecule has 0 saturated carbocycles. The fourth-order valence-electron chi connectivity index (χ4n) is 2.56. The molecule has 0 spiro atoms. The molecule has 1 unspecified atom stereocenters. The first-order valence-electron chi connectivity index (χ1n) is 7.38. The second-order valence-electron chi connectivity index (χ2n) is 5.15. The first kappa shape index (κ1) is 16.8. The molecule has 4 nitrogen and oxygen atoms in total. The Morgan fingerprint density at radius 3 is 2.86 bits per heavy atom. The summed E-state index contributed by atoms with van der Waals surface area (Å²) in [4.78, 5) is 26.2. The van der Waals surface area contributed by atoms with Gasteiger partial charge in [-0.1, -0.05) is 12.1 Å². The standard InChI is InChI=1S/C16H20FNO3S/c1-21-16(20)13-7-4-5-10-18(13)15(19)9-11-22-14-8-3-2-6-12(14)17/h2-3,6,8,13H,4-5,7,9-11H2,1H3. The van der Waals surface area contributed by atoms with Gasteiger partial charge in [-0.25, -0.2) is 9.18 Å². The summed E-state index contributed by atoms with van der Waals surface area (Å²) in [6.07, 6.45) is 2.76. The monoisotopic (exact) mass is 325 g/mol. The van der Waals surface area contributed by atoms with Gasteiger partial charge in [0.15, 0.2) is 0 Å². The molecule has 1 amide bonds. The van der Waals surface area contributed by atoms with E-state index in [4.69, 9.17) is 4.74 Å². The van der Waals surface area contributed by atoms with Crippen molar-refractivity contribution < 1.29 is 18.7 Å². The van der Waals surface area contributed by atoms with Gasteiger partial charge in [0.1, 0.15) is 11.9 Å². The van der Waals surface area contributed by atoms with Crippen LogP contribution in [-0.2, 0) is 14.3 Å². The van der Waals surface area contributed by atoms with Gasteiger partial charge >= 0.3 is 5.97 Å². The highest BCUT2D eigenvalue weighted by molar-refractivity contribution is 7.99. The topological polar surface area (TPSA) is 46.6 Å². The van der Waals surface area contributed by atoms with Gasteiger partial charge in [-0.2, -0.15) is 0 Å². The van der Waals surface area contributed by atoms with Gasteiger partial charge in [-0.05, 0) is 31.4 Å². The summed E-state index contributed by atoms with van der Waals surface area (Å²) in [7, 11) is 1.34. The second kappa shape index (κ2) is 8.17. The Balaban J connectivity index is 1.88. The average Bonchev–Trinajstić information content (AvgIpc) is 2.55. The van der Waals surface area contributed by atoms with E-state index in [1.165, 1.54) is 24.9 Å². The molecule has 0 bridgehead atoms. The molecule has 1 aliphatic heterocycles. The first-order valence-corrected chi connectivity index (χ1v) is 8.36. The summed E-state index contributed by atoms with van der Waals surface area (Å²) >= 11 is 1.32. The van der Waals surface area contributed by atoms with E-state index in [1.54, 1.807) is 23.1 Å². The number of rotatable bonds is 5. The molecule has 1 aromatic rings. The molecule has 0 aromatic heterocycles. The molecule has 1 aromatic carbocycles. The summed E-state index contributed by atoms with van der Waals surface area (Å²) in [6.45, 7) is 0.586. The van der Waals surface area contributed by atoms with Gasteiger partial charge in [-0.3, -0.25) is 4.79 Å². The fraction of sp³-hybridized carbons (Fsp3) is 0.500. The third kappa shape index (κ3) is 4.22. The van der Waals surface area contributed by atoms with Crippen molar-refractivity contribution in [3.8, 4) is 0 Å². The molecular weight excluding hydrogens is 305 g/mol. The number of piperidine rings is 1. The minimum absolute atomic E-state index is 0.0704. The fourth-order valence-corrected chi connectivity index (χ4v) is 3.44. The SMILES string of the molecule is COC(=O)C1CCCCN1C(=O)CCSc1ccccc1F. The number of likely N-dealkylation sites (tertiary alicyclic amines) is 1. The Morgan fingerprint density at radius 1 is 1.36 bits per heavy atom. The van der Waals surface area contributed by atoms with Gasteiger partial charge in [-0.15, -0.1) is 11.8 Å². The van der Waals surface area contributed by atoms with E-state index in [0.29, 0.717) is 23.6 Å². The van der Waals surface area contributed by atoms with Crippen molar-refractivity contribution in [2.45, 2.75) is 36.6 Å². The molecule has 2 rings (SSSR count). The number of nitrogens with zero attached hydrogens (tertiary/aromatic N) is 1. The molecule has 0 radical (unpaired) electrons. The molecule has 1 aliphatic rings. The van der Waals surface area contributed by atoms with Crippen molar-refractivity contribution in [3.05, 3.63) is 30.1 Å². The zero-order chi connectivity index (χ0) is 15.9. The van der Waals surface area contributed by atoms with E-state index in [1.807, 2.05) is 0 Å². The zero-order valence-corrected chi connectivity index (χ0v) is 13.4. The van der Waals surface area contributed by atoms with Crippen LogP contribution in [0, 0.1) is 5.82 Å². The number of thioether (sulfide) groups is 1. The minimum Gasteiger partial charge on any atom is -0.467 e. The first-order chi connectivity index (χ1) is 10.6. The largest absolute Gasteiger partial charge is 0.467 e. The van der Waals surface area contributed by atoms with Crippen molar-refractivity contribution in [2.75, 3.05) is 19.4 Å². The van der Waals surface area contributed by atoms with E-state index in [-0.39, 0.29) is 24.1 Å². The van der Waals surface area contributed by atoms with Crippen LogP contribution in [-0.4, -0.2) is 42.2 Å². The van der Waals surface area contributed by atoms with Crippen molar-refractivity contribution in [1.82, 2.24) is 4.90 Å². The highest BCUT2D eigenvalue weighted by Gasteiger charge is 2.32. The third-order valence-corrected chi connectivity index (χ3v) is 4.76. The predicted octanol–water partition coefficient (Wildman–Crippen LogP) is 2.86. The van der Waals surface area contributed by atoms with Crippen molar-refractivity contribution in [2.24, 2.45) is 0 Å². The summed E-state index contributed by atoms with van der Waals surface area (Å²) in [5, 5.41) is 0. The summed E-state index contributed by atoms with van der Waals surface area (Å²) in [6, 6.07) is 6.04. The van der Waals surface area contributed by atoms with Crippen LogP contribution in [0.1, 0.15) is 25.7 Å². The summed E-state index contributed by atoms with van der Waals surface area (Å²) in [5.41, 5.74) is 0. The number of esters is 1. The highest BCUT2D eigenvalue weighted by Crippen LogP contribution is 2.24. The summed E-state index contributed by atoms with van der Waals surface area (Å²) < 4.78 is 18.3. The van der Waals surface area contributed by atoms with Crippen molar-refractivity contribution in [3.63, 3.8) is 0 Å². The van der Waals surface area contributed by atoms with E-state index < -0.39 is 6.04 Å². The molecule has 0 N–H and O–H groups in total. The van der Waals surface area contributed by atoms with Gasteiger partial charge in [0, 0.05) is 23.6 Å². The number of amides is 1. The second-order valence-corrected chi connectivity index (χ2v) is 6.29. The smallest absolute Gasteiger partial charge is 0.328 e. The maximum Gasteiger partial charge on any atom is 0.328 e. The van der Waals surface area contributed by atoms with Crippen LogP contribution >= 0.6 is 11.8 Å². The molecule has 0 aliphatic carbocycles. The van der Waals surface area contributed by atoms with E-state index in [0.717, 1.165) is 12.8 Å². The maximum absolute atomic E-state index is 13.5. The average molecular weight is 325 g/mol. The number of methoxy groups -OCH3 is 1. The molecule has 1 fully saturated rings. The number of benzene rings is 1. The van der Waals surface area contributed by atoms with E-state index in [9.17, 15) is 14.0 Å². The molecule has 1 atom stereocenters. The van der Waals surface area contributed by atoms with Gasteiger partial charge < -0.3 is 9.64 Å². The normalized spacial score (nSPS) is 18.1. The number of carbonyl (C=O) groups excluding carboxylic acids is 2. The van der Waals surface area contributed by atoms with Crippen LogP contribution in [0.25, 0.3) is 0 Å². The lowest BCUT2D eigenvalue weighted by atomic mass is 10.0. The van der Waals surface area contributed by atoms with Crippen molar-refractivity contribution in [1.29, 1.82) is 0 Å². The van der Waals surface area contributed by atoms with Gasteiger partial charge in [0.2, 0.25) is 5.91 Å². The summed E-state index contributed by atoms with van der Waals surface area (Å²) in [5.74, 6) is -0.205. The lowest BCUT2D eigenvalue weighted by Gasteiger charge is -2.33. The Morgan fingerprint density at radius 2 is 2.14 bits per heavy atom. The van der Waals surface area contributed by atoms with Gasteiger partial charge in [0.05, 0.1) is 7.11 Å². The van der Waals surface area contributed by atoms with Crippen LogP contribution in [0.15, 0.2) is 29.2 Å². The maximum atomic E-state index is 13.5. The number of halogens is 1. The van der Waals surface area contributed by atoms with E-state index in [2.05, 4.69) is 0 Å². The minimum atomic E-state index is -0.468. The Bertz CT molecular complexity index is 538. The van der Waals surface area contributed by atoms with Crippen LogP contribution in [0.2, 0.25) is 0 Å². The molecule has 1 heterocycles. The van der Waals surface area contributed by atoms with Crippen LogP contribution in [0.3, 0.4) is 0 Å². The molecule has 6 heteroatoms. The highest BCUT2D eigenvalue weighted by atomic mass is 32.2. The van der Waals surface area contributed by atoms with Crippen LogP contribution in [0.4, 0.5) is 4.39 Å². The number of hydrogen-bond acceptors (Lipinski definition) is 4. The third-order valence-electron chi connectivity index (χ3n) is 3.71. The number of hydrogen-bond donors (Lipinski definition) is 0. The van der Waals surface area contributed by atoms with Crippen LogP contribution < -0.4 is 0 Å². The Kier molecular flexibility index (Phi) is 6.24. The lowest BCUT2D eigenvalue weighted by Crippen LogP contribution is -2.48. The molecular formula is C16H20FNO3S. The van der Waals surface area contributed by atoms with Crippen LogP contribution in [0.5, 0.6) is 0 Å². The lowest BCUT2D eigenvalue weighted by molar-refractivity contribution is -0.154. The Hall–Kier alpha value is -1.56. The molecule has 22 heavy (non-hydrogen) atoms. The molecule has 120 valence electrons. The number of ether oxygens (including phenoxy) is 1. The van der Waals surface area contributed by atoms with Crippen molar-refractivity contribution >= 4 is 23.6 Å².